The first-order valence-corrected chi connectivity index (χ1v) is 5.26. The average molecular weight is 234 g/mol. The van der Waals surface area contributed by atoms with Crippen molar-refractivity contribution in [1.29, 1.82) is 5.26 Å². The van der Waals surface area contributed by atoms with Crippen molar-refractivity contribution < 1.29 is 4.74 Å². The fraction of sp³-hybridized carbons (Fsp3) is 0.154. The van der Waals surface area contributed by atoms with Crippen molar-refractivity contribution in [2.75, 3.05) is 0 Å². The van der Waals surface area contributed by atoms with Gasteiger partial charge in [0.2, 0.25) is 0 Å². The van der Waals surface area contributed by atoms with E-state index >= 15 is 0 Å². The summed E-state index contributed by atoms with van der Waals surface area (Å²) in [5.41, 5.74) is 0.488. The molecular formula is C13H12ClNO. The molecule has 0 amide bonds. The van der Waals surface area contributed by atoms with Gasteiger partial charge in [-0.25, -0.2) is 0 Å². The maximum atomic E-state index is 8.90. The Kier molecular flexibility index (Phi) is 4.63. The van der Waals surface area contributed by atoms with Crippen molar-refractivity contribution in [3.05, 3.63) is 52.8 Å². The van der Waals surface area contributed by atoms with Gasteiger partial charge in [0.15, 0.2) is 0 Å². The lowest BCUT2D eigenvalue weighted by Crippen LogP contribution is -1.97. The summed E-state index contributed by atoms with van der Waals surface area (Å²) in [5.74, 6) is 1.06. The number of rotatable bonds is 3. The lowest BCUT2D eigenvalue weighted by Gasteiger charge is -2.09. The van der Waals surface area contributed by atoms with Gasteiger partial charge in [-0.05, 0) is 32.1 Å². The molecule has 0 N–H and O–H groups in total. The third-order valence-electron chi connectivity index (χ3n) is 1.98. The molecular weight excluding hydrogens is 222 g/mol. The molecule has 16 heavy (non-hydrogen) atoms. The summed E-state index contributed by atoms with van der Waals surface area (Å²) in [4.78, 5) is 0. The Morgan fingerprint density at radius 1 is 1.31 bits per heavy atom. The van der Waals surface area contributed by atoms with Gasteiger partial charge in [0, 0.05) is 0 Å². The van der Waals surface area contributed by atoms with Crippen LogP contribution < -0.4 is 4.74 Å². The minimum Gasteiger partial charge on any atom is -0.455 e. The highest BCUT2D eigenvalue weighted by Crippen LogP contribution is 2.23. The predicted octanol–water partition coefficient (Wildman–Crippen LogP) is 3.98. The van der Waals surface area contributed by atoms with Crippen LogP contribution in [0, 0.1) is 11.3 Å². The maximum absolute atomic E-state index is 8.90. The highest BCUT2D eigenvalue weighted by Gasteiger charge is 2.07. The van der Waals surface area contributed by atoms with Gasteiger partial charge < -0.3 is 4.74 Å². The Balaban J connectivity index is 3.01. The number of allylic oxidation sites excluding steroid dienone is 3. The number of hydrogen-bond acceptors (Lipinski definition) is 2. The maximum Gasteiger partial charge on any atom is 0.145 e. The molecule has 0 saturated carbocycles. The van der Waals surface area contributed by atoms with Crippen LogP contribution in [0.5, 0.6) is 5.75 Å². The summed E-state index contributed by atoms with van der Waals surface area (Å²) >= 11 is 5.96. The number of nitrogens with zero attached hydrogens (tertiary/aromatic N) is 1. The second kappa shape index (κ2) is 5.99. The Morgan fingerprint density at radius 2 is 2.00 bits per heavy atom. The summed E-state index contributed by atoms with van der Waals surface area (Å²) in [6.07, 6.45) is 3.50. The number of nitriles is 1. The highest BCUT2D eigenvalue weighted by molar-refractivity contribution is 6.31. The number of benzene rings is 1. The number of para-hydroxylation sites is 1. The molecule has 3 heteroatoms. The molecule has 0 aliphatic heterocycles. The van der Waals surface area contributed by atoms with E-state index in [2.05, 4.69) is 6.07 Å². The van der Waals surface area contributed by atoms with E-state index in [1.54, 1.807) is 30.4 Å². The Bertz CT molecular complexity index is 469. The van der Waals surface area contributed by atoms with Crippen molar-refractivity contribution in [3.63, 3.8) is 0 Å². The van der Waals surface area contributed by atoms with Gasteiger partial charge in [0.05, 0.1) is 10.6 Å². The lowest BCUT2D eigenvalue weighted by molar-refractivity contribution is 0.439. The van der Waals surface area contributed by atoms with Crippen molar-refractivity contribution in [2.45, 2.75) is 13.8 Å². The van der Waals surface area contributed by atoms with E-state index < -0.39 is 0 Å². The fourth-order valence-corrected chi connectivity index (χ4v) is 1.30. The molecule has 0 aliphatic rings. The molecule has 0 spiro atoms. The van der Waals surface area contributed by atoms with Crippen LogP contribution in [-0.2, 0) is 0 Å². The van der Waals surface area contributed by atoms with E-state index in [1.165, 1.54) is 0 Å². The van der Waals surface area contributed by atoms with Crippen molar-refractivity contribution in [1.82, 2.24) is 0 Å². The molecule has 1 aromatic carbocycles. The van der Waals surface area contributed by atoms with Crippen LogP contribution in [0.4, 0.5) is 0 Å². The van der Waals surface area contributed by atoms with Crippen molar-refractivity contribution in [2.24, 2.45) is 0 Å². The number of halogens is 1. The van der Waals surface area contributed by atoms with Crippen LogP contribution in [0.3, 0.4) is 0 Å². The largest absolute Gasteiger partial charge is 0.455 e. The first-order valence-electron chi connectivity index (χ1n) is 4.88. The molecule has 0 aromatic heterocycles. The van der Waals surface area contributed by atoms with Crippen molar-refractivity contribution >= 4 is 11.6 Å². The summed E-state index contributed by atoms with van der Waals surface area (Å²) in [6, 6.07) is 9.11. The molecule has 2 nitrogen and oxygen atoms in total. The van der Waals surface area contributed by atoms with Gasteiger partial charge in [-0.3, -0.25) is 0 Å². The van der Waals surface area contributed by atoms with E-state index in [0.717, 1.165) is 0 Å². The Labute approximate surface area is 100 Å². The average Bonchev–Trinajstić information content (AvgIpc) is 2.35. The van der Waals surface area contributed by atoms with Gasteiger partial charge in [0.1, 0.15) is 17.6 Å². The van der Waals surface area contributed by atoms with Gasteiger partial charge in [-0.2, -0.15) is 5.26 Å². The zero-order valence-electron chi connectivity index (χ0n) is 9.20. The second-order valence-corrected chi connectivity index (χ2v) is 3.41. The molecule has 0 heterocycles. The van der Waals surface area contributed by atoms with Crippen LogP contribution in [0.1, 0.15) is 19.4 Å². The van der Waals surface area contributed by atoms with E-state index in [4.69, 9.17) is 21.6 Å². The van der Waals surface area contributed by atoms with Crippen LogP contribution >= 0.6 is 11.6 Å². The predicted molar refractivity (Wildman–Crippen MR) is 65.2 cm³/mol. The molecule has 0 bridgehead atoms. The zero-order valence-corrected chi connectivity index (χ0v) is 9.95. The molecule has 0 unspecified atom stereocenters. The van der Waals surface area contributed by atoms with Crippen molar-refractivity contribution in [3.8, 4) is 11.8 Å². The van der Waals surface area contributed by atoms with E-state index in [-0.39, 0.29) is 0 Å². The molecule has 82 valence electrons. The van der Waals surface area contributed by atoms with Crippen LogP contribution in [-0.4, -0.2) is 0 Å². The fourth-order valence-electron chi connectivity index (χ4n) is 1.15. The van der Waals surface area contributed by atoms with Crippen LogP contribution in [0.15, 0.2) is 47.2 Å². The zero-order chi connectivity index (χ0) is 12.0. The molecule has 0 fully saturated rings. The van der Waals surface area contributed by atoms with Gasteiger partial charge in [-0.15, -0.1) is 0 Å². The molecule has 1 aromatic rings. The quantitative estimate of drug-likeness (QED) is 0.584. The minimum absolute atomic E-state index is 0.488. The normalized spacial score (nSPS) is 12.1. The van der Waals surface area contributed by atoms with Crippen LogP contribution in [0.25, 0.3) is 0 Å². The van der Waals surface area contributed by atoms with E-state index in [0.29, 0.717) is 22.1 Å². The third kappa shape index (κ3) is 2.88. The lowest BCUT2D eigenvalue weighted by atomic mass is 10.2. The Hall–Kier alpha value is -1.72. The SMILES string of the molecule is CC=C(Cl)C(=CC)Oc1ccccc1C#N. The molecule has 0 saturated heterocycles. The summed E-state index contributed by atoms with van der Waals surface area (Å²) in [5, 5.41) is 9.43. The first kappa shape index (κ1) is 12.4. The summed E-state index contributed by atoms with van der Waals surface area (Å²) in [7, 11) is 0. The van der Waals surface area contributed by atoms with Crippen LogP contribution in [0.2, 0.25) is 0 Å². The smallest absolute Gasteiger partial charge is 0.145 e. The number of hydrogen-bond donors (Lipinski definition) is 0. The molecule has 0 aliphatic carbocycles. The first-order chi connectivity index (χ1) is 7.72. The van der Waals surface area contributed by atoms with Gasteiger partial charge in [0.25, 0.3) is 0 Å². The summed E-state index contributed by atoms with van der Waals surface area (Å²) < 4.78 is 5.58. The van der Waals surface area contributed by atoms with E-state index in [1.807, 2.05) is 19.9 Å². The third-order valence-corrected chi connectivity index (χ3v) is 2.38. The topological polar surface area (TPSA) is 33.0 Å². The van der Waals surface area contributed by atoms with Gasteiger partial charge >= 0.3 is 0 Å². The number of ether oxygens (including phenoxy) is 1. The standard InChI is InChI=1S/C13H12ClNO/c1-3-11(14)12(4-2)16-13-8-6-5-7-10(13)9-15/h3-8H,1-2H3. The molecule has 0 atom stereocenters. The Morgan fingerprint density at radius 3 is 2.56 bits per heavy atom. The minimum atomic E-state index is 0.488. The molecule has 1 rings (SSSR count). The second-order valence-electron chi connectivity index (χ2n) is 3.00. The molecule has 0 radical (unpaired) electrons. The van der Waals surface area contributed by atoms with E-state index in [9.17, 15) is 0 Å². The monoisotopic (exact) mass is 233 g/mol. The van der Waals surface area contributed by atoms with Gasteiger partial charge in [-0.1, -0.05) is 29.8 Å². The summed E-state index contributed by atoms with van der Waals surface area (Å²) in [6.45, 7) is 3.65. The highest BCUT2D eigenvalue weighted by atomic mass is 35.5.